The minimum Gasteiger partial charge on any atom is -0.395 e. The fourth-order valence-electron chi connectivity index (χ4n) is 2.41. The van der Waals surface area contributed by atoms with E-state index in [2.05, 4.69) is 9.97 Å². The van der Waals surface area contributed by atoms with Gasteiger partial charge in [0, 0.05) is 19.2 Å². The second-order valence-electron chi connectivity index (χ2n) is 5.06. The predicted molar refractivity (Wildman–Crippen MR) is 78.6 cm³/mol. The Kier molecular flexibility index (Phi) is 3.66. The third-order valence-corrected chi connectivity index (χ3v) is 3.40. The summed E-state index contributed by atoms with van der Waals surface area (Å²) in [6.45, 7) is 2.44. The lowest BCUT2D eigenvalue weighted by Crippen LogP contribution is -2.08. The van der Waals surface area contributed by atoms with Gasteiger partial charge in [0.2, 0.25) is 0 Å². The number of hydrogen-bond donors (Lipinski definition) is 1. The van der Waals surface area contributed by atoms with E-state index < -0.39 is 0 Å². The van der Waals surface area contributed by atoms with E-state index in [1.165, 1.54) is 12.1 Å². The number of hydrogen-bond acceptors (Lipinski definition) is 3. The highest BCUT2D eigenvalue weighted by atomic mass is 19.1. The van der Waals surface area contributed by atoms with Crippen LogP contribution in [-0.2, 0) is 13.0 Å². The number of aliphatic hydroxyl groups is 1. The van der Waals surface area contributed by atoms with Gasteiger partial charge in [-0.1, -0.05) is 12.1 Å². The molecular weight excluding hydrogens is 269 g/mol. The lowest BCUT2D eigenvalue weighted by molar-refractivity contribution is 0.276. The number of fused-ring (bicyclic) bond motifs is 1. The smallest absolute Gasteiger partial charge is 0.160 e. The Hall–Kier alpha value is -2.27. The van der Waals surface area contributed by atoms with Crippen molar-refractivity contribution in [3.8, 4) is 0 Å². The van der Waals surface area contributed by atoms with Crippen LogP contribution in [0, 0.1) is 12.7 Å². The number of rotatable bonds is 4. The molecule has 2 heterocycles. The number of pyridine rings is 1. The van der Waals surface area contributed by atoms with Gasteiger partial charge in [0.25, 0.3) is 0 Å². The van der Waals surface area contributed by atoms with Crippen molar-refractivity contribution in [2.24, 2.45) is 0 Å². The number of imidazole rings is 1. The molecule has 0 saturated carbocycles. The van der Waals surface area contributed by atoms with Gasteiger partial charge in [0.1, 0.15) is 17.2 Å². The maximum atomic E-state index is 13.0. The van der Waals surface area contributed by atoms with Crippen LogP contribution in [0.2, 0.25) is 0 Å². The summed E-state index contributed by atoms with van der Waals surface area (Å²) in [5.74, 6) is 0.573. The summed E-state index contributed by atoms with van der Waals surface area (Å²) >= 11 is 0. The van der Waals surface area contributed by atoms with Gasteiger partial charge in [-0.25, -0.2) is 14.4 Å². The molecule has 0 amide bonds. The molecule has 0 saturated heterocycles. The van der Waals surface area contributed by atoms with Crippen LogP contribution in [0.4, 0.5) is 4.39 Å². The van der Waals surface area contributed by atoms with E-state index in [4.69, 9.17) is 0 Å². The first-order valence-corrected chi connectivity index (χ1v) is 6.84. The summed E-state index contributed by atoms with van der Waals surface area (Å²) in [7, 11) is 0. The van der Waals surface area contributed by atoms with E-state index in [0.29, 0.717) is 13.0 Å². The highest BCUT2D eigenvalue weighted by molar-refractivity contribution is 5.72. The highest BCUT2D eigenvalue weighted by Crippen LogP contribution is 2.18. The summed E-state index contributed by atoms with van der Waals surface area (Å²) in [6, 6.07) is 8.35. The number of aromatic nitrogens is 3. The molecule has 4 nitrogen and oxygen atoms in total. The highest BCUT2D eigenvalue weighted by Gasteiger charge is 2.12. The monoisotopic (exact) mass is 285 g/mol. The first-order chi connectivity index (χ1) is 10.2. The molecule has 0 unspecified atom stereocenters. The van der Waals surface area contributed by atoms with E-state index in [1.54, 1.807) is 18.3 Å². The van der Waals surface area contributed by atoms with Gasteiger partial charge in [0.15, 0.2) is 5.65 Å². The first-order valence-electron chi connectivity index (χ1n) is 6.84. The van der Waals surface area contributed by atoms with Crippen molar-refractivity contribution in [3.05, 3.63) is 59.3 Å². The Morgan fingerprint density at radius 3 is 2.71 bits per heavy atom. The van der Waals surface area contributed by atoms with Crippen LogP contribution < -0.4 is 0 Å². The zero-order valence-electron chi connectivity index (χ0n) is 11.8. The van der Waals surface area contributed by atoms with E-state index in [-0.39, 0.29) is 12.4 Å². The normalized spacial score (nSPS) is 11.2. The molecule has 1 N–H and O–H groups in total. The molecule has 0 spiro atoms. The molecule has 0 bridgehead atoms. The van der Waals surface area contributed by atoms with Crippen LogP contribution in [0.25, 0.3) is 11.2 Å². The molecule has 0 fully saturated rings. The lowest BCUT2D eigenvalue weighted by Gasteiger charge is -2.07. The molecule has 0 radical (unpaired) electrons. The third kappa shape index (κ3) is 2.78. The van der Waals surface area contributed by atoms with Gasteiger partial charge in [-0.15, -0.1) is 0 Å². The molecule has 108 valence electrons. The predicted octanol–water partition coefficient (Wildman–Crippen LogP) is 2.46. The Labute approximate surface area is 121 Å². The van der Waals surface area contributed by atoms with Gasteiger partial charge in [0.05, 0.1) is 6.61 Å². The molecule has 0 atom stereocenters. The maximum Gasteiger partial charge on any atom is 0.160 e. The number of nitrogens with zero attached hydrogens (tertiary/aromatic N) is 3. The number of aliphatic hydroxyl groups excluding tert-OH is 1. The molecule has 21 heavy (non-hydrogen) atoms. The minimum absolute atomic E-state index is 0.0252. The zero-order valence-corrected chi connectivity index (χ0v) is 11.8. The Morgan fingerprint density at radius 2 is 2.00 bits per heavy atom. The summed E-state index contributed by atoms with van der Waals surface area (Å²) in [4.78, 5) is 9.01. The van der Waals surface area contributed by atoms with E-state index >= 15 is 0 Å². The maximum absolute atomic E-state index is 13.0. The Balaban J connectivity index is 2.03. The van der Waals surface area contributed by atoms with Gasteiger partial charge in [-0.05, 0) is 36.2 Å². The van der Waals surface area contributed by atoms with Gasteiger partial charge in [-0.2, -0.15) is 0 Å². The Morgan fingerprint density at radius 1 is 1.24 bits per heavy atom. The van der Waals surface area contributed by atoms with Crippen molar-refractivity contribution >= 4 is 11.2 Å². The number of halogens is 1. The van der Waals surface area contributed by atoms with Gasteiger partial charge >= 0.3 is 0 Å². The topological polar surface area (TPSA) is 50.9 Å². The van der Waals surface area contributed by atoms with Gasteiger partial charge < -0.3 is 9.67 Å². The van der Waals surface area contributed by atoms with Crippen LogP contribution in [-0.4, -0.2) is 26.2 Å². The molecule has 1 aromatic carbocycles. The van der Waals surface area contributed by atoms with Crippen LogP contribution >= 0.6 is 0 Å². The van der Waals surface area contributed by atoms with E-state index in [1.807, 2.05) is 17.6 Å². The average Bonchev–Trinajstić information content (AvgIpc) is 2.79. The van der Waals surface area contributed by atoms with Crippen LogP contribution in [0.3, 0.4) is 0 Å². The van der Waals surface area contributed by atoms with Crippen molar-refractivity contribution < 1.29 is 9.50 Å². The summed E-state index contributed by atoms with van der Waals surface area (Å²) in [6.07, 6.45) is 2.37. The molecule has 5 heteroatoms. The average molecular weight is 285 g/mol. The van der Waals surface area contributed by atoms with E-state index in [9.17, 15) is 9.50 Å². The lowest BCUT2D eigenvalue weighted by atomic mass is 10.1. The minimum atomic E-state index is -0.250. The second-order valence-corrected chi connectivity index (χ2v) is 5.06. The molecule has 3 aromatic rings. The number of aryl methyl sites for hydroxylation is 1. The van der Waals surface area contributed by atoms with Crippen molar-refractivity contribution in [2.45, 2.75) is 19.9 Å². The fourth-order valence-corrected chi connectivity index (χ4v) is 2.41. The van der Waals surface area contributed by atoms with Crippen molar-refractivity contribution in [1.82, 2.24) is 14.5 Å². The van der Waals surface area contributed by atoms with Crippen LogP contribution in [0.1, 0.15) is 17.0 Å². The molecule has 0 aliphatic carbocycles. The SMILES string of the molecule is Cc1cnc2c(c1)nc(Cc1ccc(F)cc1)n2CCO. The Bertz CT molecular complexity index is 765. The van der Waals surface area contributed by atoms with Crippen molar-refractivity contribution in [3.63, 3.8) is 0 Å². The molecule has 3 rings (SSSR count). The summed E-state index contributed by atoms with van der Waals surface area (Å²) < 4.78 is 14.9. The van der Waals surface area contributed by atoms with Crippen molar-refractivity contribution in [1.29, 1.82) is 0 Å². The standard InChI is InChI=1S/C16H16FN3O/c1-11-8-14-16(18-10-11)20(6-7-21)15(19-14)9-12-2-4-13(17)5-3-12/h2-5,8,10,21H,6-7,9H2,1H3. The van der Waals surface area contributed by atoms with Crippen molar-refractivity contribution in [2.75, 3.05) is 6.61 Å². The van der Waals surface area contributed by atoms with Gasteiger partial charge in [-0.3, -0.25) is 0 Å². The molecule has 0 aliphatic rings. The third-order valence-electron chi connectivity index (χ3n) is 3.40. The second kappa shape index (κ2) is 5.61. The molecular formula is C16H16FN3O. The number of benzene rings is 1. The van der Waals surface area contributed by atoms with E-state index in [0.717, 1.165) is 28.1 Å². The quantitative estimate of drug-likeness (QED) is 0.801. The molecule has 2 aromatic heterocycles. The van der Waals surface area contributed by atoms with Crippen LogP contribution in [0.15, 0.2) is 36.5 Å². The largest absolute Gasteiger partial charge is 0.395 e. The van der Waals surface area contributed by atoms with Crippen LogP contribution in [0.5, 0.6) is 0 Å². The first kappa shape index (κ1) is 13.7. The molecule has 0 aliphatic heterocycles. The summed E-state index contributed by atoms with van der Waals surface area (Å²) in [5.41, 5.74) is 3.61. The zero-order chi connectivity index (χ0) is 14.8. The summed E-state index contributed by atoms with van der Waals surface area (Å²) in [5, 5.41) is 9.25. The fraction of sp³-hybridized carbons (Fsp3) is 0.250.